The second-order valence-electron chi connectivity index (χ2n) is 13.1. The molecule has 50 heavy (non-hydrogen) atoms. The lowest BCUT2D eigenvalue weighted by molar-refractivity contribution is 0.0690. The molecule has 11 nitrogen and oxygen atoms in total. The van der Waals surface area contributed by atoms with Gasteiger partial charge in [-0.2, -0.15) is 5.10 Å². The summed E-state index contributed by atoms with van der Waals surface area (Å²) in [6.45, 7) is 10.7. The maximum atomic E-state index is 14.9. The SMILES string of the molecule is Cc1cc(OCCCc2c3n(c4c(-c5c(C)nn(C)c5C)c(Cl)ccc24)C(C)CN(c2cn(C)c4ncc(C(=O)O)nc24)C3=O)cc(C)c1Cl. The molecule has 13 heteroatoms. The maximum absolute atomic E-state index is 14.9. The molecule has 0 radical (unpaired) electrons. The fourth-order valence-electron chi connectivity index (χ4n) is 7.36. The minimum Gasteiger partial charge on any atom is -0.494 e. The molecule has 0 bridgehead atoms. The fourth-order valence-corrected chi connectivity index (χ4v) is 7.71. The van der Waals surface area contributed by atoms with Crippen LogP contribution in [0, 0.1) is 27.7 Å². The van der Waals surface area contributed by atoms with Crippen molar-refractivity contribution in [1.82, 2.24) is 28.9 Å². The lowest BCUT2D eigenvalue weighted by Gasteiger charge is -2.33. The lowest BCUT2D eigenvalue weighted by Crippen LogP contribution is -2.42. The van der Waals surface area contributed by atoms with E-state index < -0.39 is 5.97 Å². The second kappa shape index (κ2) is 12.5. The molecule has 6 aromatic rings. The molecular weight excluding hydrogens is 677 g/mol. The number of halogens is 2. The van der Waals surface area contributed by atoms with Crippen molar-refractivity contribution in [1.29, 1.82) is 0 Å². The molecule has 1 N–H and O–H groups in total. The number of hydrogen-bond donors (Lipinski definition) is 1. The predicted molar refractivity (Wildman–Crippen MR) is 195 cm³/mol. The van der Waals surface area contributed by atoms with E-state index in [0.717, 1.165) is 60.9 Å². The molecule has 258 valence electrons. The first-order chi connectivity index (χ1) is 23.8. The van der Waals surface area contributed by atoms with Crippen LogP contribution in [0.2, 0.25) is 10.0 Å². The zero-order valence-electron chi connectivity index (χ0n) is 28.9. The molecule has 0 aliphatic carbocycles. The molecule has 0 fully saturated rings. The van der Waals surface area contributed by atoms with E-state index in [-0.39, 0.29) is 17.6 Å². The van der Waals surface area contributed by atoms with Gasteiger partial charge in [-0.3, -0.25) is 9.48 Å². The Hall–Kier alpha value is -4.87. The number of carbonyl (C=O) groups excluding carboxylic acids is 1. The summed E-state index contributed by atoms with van der Waals surface area (Å²) in [4.78, 5) is 37.2. The molecule has 0 saturated heterocycles. The summed E-state index contributed by atoms with van der Waals surface area (Å²) in [6.07, 6.45) is 4.21. The number of aryl methyl sites for hydroxylation is 6. The fraction of sp³-hybridized carbons (Fsp3) is 0.324. The number of aromatic carboxylic acids is 1. The Labute approximate surface area is 299 Å². The van der Waals surface area contributed by atoms with Gasteiger partial charge in [-0.1, -0.05) is 29.3 Å². The average Bonchev–Trinajstić information content (AvgIpc) is 3.67. The van der Waals surface area contributed by atoms with Crippen LogP contribution < -0.4 is 9.64 Å². The van der Waals surface area contributed by atoms with Crippen molar-refractivity contribution in [3.63, 3.8) is 0 Å². The summed E-state index contributed by atoms with van der Waals surface area (Å²) in [5.74, 6) is -0.652. The van der Waals surface area contributed by atoms with Gasteiger partial charge in [-0.25, -0.2) is 14.8 Å². The Balaban J connectivity index is 1.38. The van der Waals surface area contributed by atoms with Crippen LogP contribution >= 0.6 is 23.2 Å². The van der Waals surface area contributed by atoms with Gasteiger partial charge in [-0.15, -0.1) is 0 Å². The number of hydrogen-bond acceptors (Lipinski definition) is 6. The zero-order chi connectivity index (χ0) is 35.8. The number of benzene rings is 2. The summed E-state index contributed by atoms with van der Waals surface area (Å²) in [5, 5.41) is 16.6. The van der Waals surface area contributed by atoms with E-state index in [0.29, 0.717) is 53.6 Å². The number of aromatic nitrogens is 6. The number of rotatable bonds is 8. The molecule has 0 spiro atoms. The van der Waals surface area contributed by atoms with E-state index in [2.05, 4.69) is 26.6 Å². The highest BCUT2D eigenvalue weighted by molar-refractivity contribution is 6.35. The number of anilines is 1. The first-order valence-electron chi connectivity index (χ1n) is 16.4. The van der Waals surface area contributed by atoms with Crippen LogP contribution in [0.3, 0.4) is 0 Å². The minimum atomic E-state index is -1.19. The first kappa shape index (κ1) is 33.6. The van der Waals surface area contributed by atoms with E-state index >= 15 is 0 Å². The average molecular weight is 715 g/mol. The van der Waals surface area contributed by atoms with Crippen LogP contribution in [0.15, 0.2) is 36.7 Å². The van der Waals surface area contributed by atoms with Crippen molar-refractivity contribution >= 4 is 62.8 Å². The van der Waals surface area contributed by atoms with Crippen molar-refractivity contribution in [2.75, 3.05) is 18.1 Å². The summed E-state index contributed by atoms with van der Waals surface area (Å²) in [5.41, 5.74) is 8.99. The van der Waals surface area contributed by atoms with Crippen LogP contribution in [0.25, 0.3) is 33.2 Å². The summed E-state index contributed by atoms with van der Waals surface area (Å²) >= 11 is 13.4. The molecule has 1 unspecified atom stereocenters. The Morgan fingerprint density at radius 3 is 2.46 bits per heavy atom. The van der Waals surface area contributed by atoms with Crippen molar-refractivity contribution in [2.24, 2.45) is 14.1 Å². The third kappa shape index (κ3) is 5.30. The number of carboxylic acids is 1. The van der Waals surface area contributed by atoms with Gasteiger partial charge < -0.3 is 23.9 Å². The van der Waals surface area contributed by atoms with Crippen LogP contribution in [0.4, 0.5) is 5.69 Å². The zero-order valence-corrected chi connectivity index (χ0v) is 30.4. The van der Waals surface area contributed by atoms with Gasteiger partial charge in [0.05, 0.1) is 34.7 Å². The highest BCUT2D eigenvalue weighted by Gasteiger charge is 2.38. The standard InChI is InChI=1S/C37H37Cl2N7O4/c1-18-13-23(14-19(2)31(18)39)50-12-8-9-24-25-10-11-26(38)30(29-21(4)42-44(7)22(29)5)33(25)46-20(3)16-45(36(47)34(24)46)28-17-43(6)35-32(28)41-27(15-40-35)37(48)49/h10-11,13-15,17,20H,8-9,12,16H2,1-7H3,(H,48,49). The van der Waals surface area contributed by atoms with Crippen LogP contribution in [-0.2, 0) is 20.5 Å². The van der Waals surface area contributed by atoms with Crippen LogP contribution in [0.5, 0.6) is 5.75 Å². The van der Waals surface area contributed by atoms with Crippen LogP contribution in [-0.4, -0.2) is 59.0 Å². The smallest absolute Gasteiger partial charge is 0.356 e. The third-order valence-electron chi connectivity index (χ3n) is 9.72. The number of nitrogens with zero attached hydrogens (tertiary/aromatic N) is 7. The van der Waals surface area contributed by atoms with Gasteiger partial charge in [0.2, 0.25) is 0 Å². The molecule has 1 aliphatic rings. The Bertz CT molecular complexity index is 2370. The number of carboxylic acid groups (broad SMARTS) is 1. The van der Waals surface area contributed by atoms with Crippen molar-refractivity contribution in [3.05, 3.63) is 86.2 Å². The normalized spacial score (nSPS) is 14.6. The third-order valence-corrected chi connectivity index (χ3v) is 10.6. The molecule has 5 heterocycles. The predicted octanol–water partition coefficient (Wildman–Crippen LogP) is 7.80. The highest BCUT2D eigenvalue weighted by Crippen LogP contribution is 2.45. The quantitative estimate of drug-likeness (QED) is 0.160. The van der Waals surface area contributed by atoms with Gasteiger partial charge in [0, 0.05) is 60.1 Å². The molecule has 4 aromatic heterocycles. The molecule has 1 amide bonds. The summed E-state index contributed by atoms with van der Waals surface area (Å²) in [7, 11) is 3.72. The molecule has 2 aromatic carbocycles. The van der Waals surface area contributed by atoms with Gasteiger partial charge in [0.25, 0.3) is 5.91 Å². The summed E-state index contributed by atoms with van der Waals surface area (Å²) < 4.78 is 11.9. The van der Waals surface area contributed by atoms with Gasteiger partial charge >= 0.3 is 5.97 Å². The van der Waals surface area contributed by atoms with E-state index in [4.69, 9.17) is 27.9 Å². The van der Waals surface area contributed by atoms with Gasteiger partial charge in [0.1, 0.15) is 17.0 Å². The van der Waals surface area contributed by atoms with E-state index in [1.165, 1.54) is 6.20 Å². The summed E-state index contributed by atoms with van der Waals surface area (Å²) in [6, 6.07) is 7.59. The number of ether oxygens (including phenoxy) is 1. The highest BCUT2D eigenvalue weighted by atomic mass is 35.5. The largest absolute Gasteiger partial charge is 0.494 e. The monoisotopic (exact) mass is 713 g/mol. The maximum Gasteiger partial charge on any atom is 0.356 e. The topological polar surface area (TPSA) is 120 Å². The van der Waals surface area contributed by atoms with Crippen molar-refractivity contribution in [2.45, 2.75) is 53.5 Å². The molecule has 7 rings (SSSR count). The number of carbonyl (C=O) groups is 2. The molecule has 1 aliphatic heterocycles. The van der Waals surface area contributed by atoms with Crippen LogP contribution in [0.1, 0.15) is 68.4 Å². The Kier molecular flexibility index (Phi) is 8.39. The molecule has 1 atom stereocenters. The number of amides is 1. The second-order valence-corrected chi connectivity index (χ2v) is 13.9. The van der Waals surface area contributed by atoms with Crippen molar-refractivity contribution < 1.29 is 19.4 Å². The lowest BCUT2D eigenvalue weighted by atomic mass is 9.98. The van der Waals surface area contributed by atoms with E-state index in [9.17, 15) is 14.7 Å². The molecule has 0 saturated carbocycles. The first-order valence-corrected chi connectivity index (χ1v) is 17.2. The molecular formula is C37H37Cl2N7O4. The van der Waals surface area contributed by atoms with Gasteiger partial charge in [0.15, 0.2) is 11.3 Å². The Morgan fingerprint density at radius 2 is 1.80 bits per heavy atom. The minimum absolute atomic E-state index is 0.185. The van der Waals surface area contributed by atoms with E-state index in [1.54, 1.807) is 22.7 Å². The Morgan fingerprint density at radius 1 is 1.08 bits per heavy atom. The number of fused-ring (bicyclic) bond motifs is 4. The van der Waals surface area contributed by atoms with Crippen molar-refractivity contribution in [3.8, 4) is 16.9 Å². The van der Waals surface area contributed by atoms with Gasteiger partial charge in [-0.05, 0) is 82.3 Å². The van der Waals surface area contributed by atoms with E-state index in [1.807, 2.05) is 63.7 Å².